The summed E-state index contributed by atoms with van der Waals surface area (Å²) in [6.07, 6.45) is 7.97. The number of hydrogen-bond donors (Lipinski definition) is 5. The number of fused-ring (bicyclic) bond motifs is 1. The molecule has 0 unspecified atom stereocenters. The van der Waals surface area contributed by atoms with Crippen LogP contribution in [0.2, 0.25) is 5.31 Å². The lowest BCUT2D eigenvalue weighted by atomic mass is 9.73. The molecule has 0 saturated carbocycles. The van der Waals surface area contributed by atoms with Gasteiger partial charge >= 0.3 is 6.03 Å². The molecule has 0 spiro atoms. The molecule has 3 rings (SSSR count). The zero-order valence-electron chi connectivity index (χ0n) is 26.1. The van der Waals surface area contributed by atoms with Crippen LogP contribution in [0.15, 0.2) is 46.6 Å². The summed E-state index contributed by atoms with van der Waals surface area (Å²) in [5.74, 6) is 0.552. The van der Waals surface area contributed by atoms with Gasteiger partial charge in [0.05, 0.1) is 35.9 Å². The molecule has 6 N–H and O–H groups in total. The Kier molecular flexibility index (Phi) is 12.5. The molecule has 9 nitrogen and oxygen atoms in total. The fourth-order valence-corrected chi connectivity index (χ4v) is 4.02. The first-order valence-electron chi connectivity index (χ1n) is 14.1. The van der Waals surface area contributed by atoms with Gasteiger partial charge in [-0.3, -0.25) is 9.71 Å². The molecule has 1 heterocycles. The maximum absolute atomic E-state index is 12.8. The van der Waals surface area contributed by atoms with Crippen LogP contribution in [-0.4, -0.2) is 59.1 Å². The maximum atomic E-state index is 12.8. The van der Waals surface area contributed by atoms with Crippen molar-refractivity contribution in [3.8, 4) is 17.0 Å². The molecule has 2 radical (unpaired) electrons. The molecule has 0 aliphatic heterocycles. The van der Waals surface area contributed by atoms with Gasteiger partial charge in [0.25, 0.3) is 0 Å². The van der Waals surface area contributed by atoms with Crippen LogP contribution in [0.4, 0.5) is 10.5 Å². The molecular weight excluding hydrogens is 549 g/mol. The van der Waals surface area contributed by atoms with E-state index in [1.165, 1.54) is 11.1 Å². The second kappa shape index (κ2) is 14.9. The number of aliphatic imine (C=N–C) groups is 1. The average Bonchev–Trinajstić information content (AvgIpc) is 3.33. The monoisotopic (exact) mass is 595 g/mol. The number of aliphatic hydroxyl groups is 2. The summed E-state index contributed by atoms with van der Waals surface area (Å²) in [4.78, 5) is 21.3. The first kappa shape index (κ1) is 35.2. The molecule has 11 heteroatoms. The van der Waals surface area contributed by atoms with Crippen LogP contribution in [-0.2, 0) is 12.8 Å². The summed E-state index contributed by atoms with van der Waals surface area (Å²) in [5.41, 5.74) is 9.06. The topological polar surface area (TPSA) is 142 Å². The third-order valence-corrected chi connectivity index (χ3v) is 7.18. The number of nitrogens with two attached hydrogens (primary N) is 1. The zero-order chi connectivity index (χ0) is 31.7. The van der Waals surface area contributed by atoms with Crippen LogP contribution in [0.3, 0.4) is 0 Å². The minimum absolute atomic E-state index is 0.0218. The predicted octanol–water partition coefficient (Wildman–Crippen LogP) is 5.56. The molecule has 1 aromatic heterocycles. The normalized spacial score (nSPS) is 13.9. The van der Waals surface area contributed by atoms with Gasteiger partial charge in [-0.1, -0.05) is 31.3 Å². The van der Waals surface area contributed by atoms with E-state index in [2.05, 4.69) is 26.1 Å². The lowest BCUT2D eigenvalue weighted by Crippen LogP contribution is -2.44. The van der Waals surface area contributed by atoms with E-state index in [1.807, 2.05) is 45.9 Å². The number of urea groups is 1. The lowest BCUT2D eigenvalue weighted by molar-refractivity contribution is -0.107. The van der Waals surface area contributed by atoms with Crippen LogP contribution >= 0.6 is 11.9 Å². The summed E-state index contributed by atoms with van der Waals surface area (Å²) >= 11 is 1.03. The standard InChI is InChI=1S/C25H32BN5O2S.C6H14O2/c1-16(2)33-22-14-18(10-13-29-22)20-9-8-17-6-5-7-19(17)23(20)30-24(32)31-34-21(27)11-12-28-15-25(3,4)26;1-5(2,7)6(3,4)8/h8-14,16H,5-7,15,27H2,1-4H3,(H2,30,31,32);7-8H,1-4H3/b21-11+,28-12?;. The molecule has 0 fully saturated rings. The number of aryl methyl sites for hydroxylation is 1. The fraction of sp³-hybridized carbons (Fsp3) is 0.516. The summed E-state index contributed by atoms with van der Waals surface area (Å²) in [6.45, 7) is 14.5. The quantitative estimate of drug-likeness (QED) is 0.138. The summed E-state index contributed by atoms with van der Waals surface area (Å²) in [7, 11) is 5.90. The molecule has 0 atom stereocenters. The van der Waals surface area contributed by atoms with E-state index in [4.69, 9.17) is 28.5 Å². The highest BCUT2D eigenvalue weighted by molar-refractivity contribution is 8.01. The van der Waals surface area contributed by atoms with Crippen LogP contribution in [0.1, 0.15) is 72.9 Å². The number of nitrogens with zero attached hydrogens (tertiary/aromatic N) is 2. The Labute approximate surface area is 256 Å². The zero-order valence-corrected chi connectivity index (χ0v) is 26.9. The number of aromatic nitrogens is 1. The van der Waals surface area contributed by atoms with Gasteiger partial charge in [-0.15, -0.1) is 0 Å². The van der Waals surface area contributed by atoms with E-state index < -0.39 is 11.2 Å². The molecule has 2 amide bonds. The highest BCUT2D eigenvalue weighted by Crippen LogP contribution is 2.38. The van der Waals surface area contributed by atoms with E-state index in [-0.39, 0.29) is 17.4 Å². The molecule has 0 bridgehead atoms. The second-order valence-corrected chi connectivity index (χ2v) is 13.2. The maximum Gasteiger partial charge on any atom is 0.329 e. The van der Waals surface area contributed by atoms with Crippen LogP contribution < -0.4 is 20.5 Å². The van der Waals surface area contributed by atoms with Crippen LogP contribution in [0, 0.1) is 0 Å². The van der Waals surface area contributed by atoms with Crippen molar-refractivity contribution >= 4 is 37.7 Å². The molecule has 1 aliphatic carbocycles. The van der Waals surface area contributed by atoms with Gasteiger partial charge in [-0.25, -0.2) is 9.78 Å². The molecule has 42 heavy (non-hydrogen) atoms. The number of nitrogens with one attached hydrogen (secondary N) is 2. The van der Waals surface area contributed by atoms with E-state index in [9.17, 15) is 4.79 Å². The average molecular weight is 596 g/mol. The number of rotatable bonds is 10. The Morgan fingerprint density at radius 2 is 1.83 bits per heavy atom. The van der Waals surface area contributed by atoms with Gasteiger partial charge in [-0.2, -0.15) is 0 Å². The minimum Gasteiger partial charge on any atom is -0.475 e. The smallest absolute Gasteiger partial charge is 0.329 e. The SMILES string of the molecule is CC(C)(O)C(C)(C)O.[B]C(C)(C)CN=C/C=C(\N)SNC(=O)Nc1c(-c2ccnc(OC(C)C)c2)ccc2c1CCC2. The van der Waals surface area contributed by atoms with Crippen molar-refractivity contribution in [2.75, 3.05) is 11.9 Å². The predicted molar refractivity (Wildman–Crippen MR) is 175 cm³/mol. The molecule has 1 aromatic carbocycles. The highest BCUT2D eigenvalue weighted by Gasteiger charge is 2.32. The number of amides is 2. The Bertz CT molecular complexity index is 1250. The van der Waals surface area contributed by atoms with Gasteiger partial charge in [0, 0.05) is 42.5 Å². The van der Waals surface area contributed by atoms with Gasteiger partial charge in [-0.05, 0) is 89.6 Å². The van der Waals surface area contributed by atoms with Crippen LogP contribution in [0.5, 0.6) is 5.88 Å². The number of carbonyl (C=O) groups excluding carboxylic acids is 1. The third kappa shape index (κ3) is 11.7. The molecule has 1 aliphatic rings. The van der Waals surface area contributed by atoms with Crippen molar-refractivity contribution in [3.63, 3.8) is 0 Å². The van der Waals surface area contributed by atoms with E-state index >= 15 is 0 Å². The Morgan fingerprint density at radius 3 is 2.43 bits per heavy atom. The highest BCUT2D eigenvalue weighted by atomic mass is 32.2. The van der Waals surface area contributed by atoms with Crippen molar-refractivity contribution < 1.29 is 19.7 Å². The van der Waals surface area contributed by atoms with Crippen molar-refractivity contribution in [1.82, 2.24) is 9.71 Å². The second-order valence-electron chi connectivity index (χ2n) is 12.4. The summed E-state index contributed by atoms with van der Waals surface area (Å²) in [6, 6.07) is 7.66. The number of carbonyl (C=O) groups is 1. The molecular formula is C31H46BN5O4S. The number of benzene rings is 1. The van der Waals surface area contributed by atoms with Gasteiger partial charge in [0.2, 0.25) is 5.88 Å². The fourth-order valence-electron chi connectivity index (χ4n) is 3.63. The third-order valence-electron chi connectivity index (χ3n) is 6.53. The Balaban J connectivity index is 0.000000675. The van der Waals surface area contributed by atoms with Gasteiger partial charge < -0.3 is 26.0 Å². The number of ether oxygens (including phenoxy) is 1. The van der Waals surface area contributed by atoms with E-state index in [0.29, 0.717) is 17.5 Å². The molecule has 0 saturated heterocycles. The van der Waals surface area contributed by atoms with Crippen molar-refractivity contribution in [1.29, 1.82) is 0 Å². The van der Waals surface area contributed by atoms with Crippen LogP contribution in [0.25, 0.3) is 11.1 Å². The van der Waals surface area contributed by atoms with Crippen molar-refractivity contribution in [3.05, 3.63) is 52.7 Å². The summed E-state index contributed by atoms with van der Waals surface area (Å²) < 4.78 is 8.51. The van der Waals surface area contributed by atoms with E-state index in [1.54, 1.807) is 46.2 Å². The minimum atomic E-state index is -1.01. The number of hydrogen-bond acceptors (Lipinski definition) is 8. The number of anilines is 1. The van der Waals surface area contributed by atoms with Crippen molar-refractivity contribution in [2.45, 2.75) is 97.3 Å². The van der Waals surface area contributed by atoms with Gasteiger partial charge in [0.1, 0.15) is 0 Å². The van der Waals surface area contributed by atoms with Gasteiger partial charge in [0.15, 0.2) is 0 Å². The Hall–Kier alpha value is -3.02. The number of allylic oxidation sites excluding steroid dienone is 1. The first-order chi connectivity index (χ1) is 19.4. The molecule has 228 valence electrons. The largest absolute Gasteiger partial charge is 0.475 e. The summed E-state index contributed by atoms with van der Waals surface area (Å²) in [5, 5.41) is 21.3. The lowest BCUT2D eigenvalue weighted by Gasteiger charge is -2.31. The first-order valence-corrected chi connectivity index (χ1v) is 14.9. The van der Waals surface area contributed by atoms with E-state index in [0.717, 1.165) is 48.0 Å². The van der Waals surface area contributed by atoms with Crippen molar-refractivity contribution in [2.24, 2.45) is 10.7 Å². The molecule has 2 aromatic rings. The number of pyridine rings is 1. The Morgan fingerprint density at radius 1 is 1.17 bits per heavy atom.